The molecule has 0 spiro atoms. The summed E-state index contributed by atoms with van der Waals surface area (Å²) in [4.78, 5) is 4.27. The normalized spacial score (nSPS) is 16.8. The third-order valence-electron chi connectivity index (χ3n) is 3.16. The first-order valence-electron chi connectivity index (χ1n) is 6.64. The van der Waals surface area contributed by atoms with Crippen molar-refractivity contribution in [2.45, 2.75) is 39.2 Å². The molecule has 17 heavy (non-hydrogen) atoms. The van der Waals surface area contributed by atoms with Crippen molar-refractivity contribution in [2.75, 3.05) is 13.2 Å². The Hall–Kier alpha value is -1.09. The molecule has 0 aliphatic heterocycles. The number of aromatic nitrogens is 1. The molecular formula is C14H22N2O. The highest BCUT2D eigenvalue weighted by Gasteiger charge is 2.26. The van der Waals surface area contributed by atoms with E-state index < -0.39 is 0 Å². The lowest BCUT2D eigenvalue weighted by Gasteiger charge is -2.18. The molecule has 1 atom stereocenters. The minimum Gasteiger partial charge on any atom is -0.492 e. The number of rotatable bonds is 7. The van der Waals surface area contributed by atoms with Gasteiger partial charge < -0.3 is 10.1 Å². The van der Waals surface area contributed by atoms with Gasteiger partial charge in [0.2, 0.25) is 0 Å². The molecule has 1 N–H and O–H groups in total. The number of hydrogen-bond donors (Lipinski definition) is 1. The molecule has 1 aromatic heterocycles. The Morgan fingerprint density at radius 1 is 1.41 bits per heavy atom. The number of nitrogens with zero attached hydrogens (tertiary/aromatic N) is 1. The molecule has 1 aromatic rings. The van der Waals surface area contributed by atoms with Gasteiger partial charge >= 0.3 is 0 Å². The maximum absolute atomic E-state index is 5.51. The van der Waals surface area contributed by atoms with E-state index in [0.717, 1.165) is 18.2 Å². The molecule has 1 fully saturated rings. The highest BCUT2D eigenvalue weighted by atomic mass is 16.5. The predicted octanol–water partition coefficient (Wildman–Crippen LogP) is 2.93. The smallest absolute Gasteiger partial charge is 0.137 e. The Labute approximate surface area is 104 Å². The van der Waals surface area contributed by atoms with Crippen LogP contribution in [0.4, 0.5) is 0 Å². The van der Waals surface area contributed by atoms with E-state index in [1.165, 1.54) is 24.8 Å². The summed E-state index contributed by atoms with van der Waals surface area (Å²) in [5.74, 6) is 1.79. The lowest BCUT2D eigenvalue weighted by molar-refractivity contribution is 0.337. The minimum absolute atomic E-state index is 0.431. The standard InChI is InChI=1S/C14H22N2O/c1-3-16-14(7-11-5-6-11)12-8-13(17-4-2)10-15-9-12/h8-11,14,16H,3-7H2,1-2H3. The summed E-state index contributed by atoms with van der Waals surface area (Å²) in [5.41, 5.74) is 1.25. The van der Waals surface area contributed by atoms with Crippen molar-refractivity contribution >= 4 is 0 Å². The van der Waals surface area contributed by atoms with E-state index in [1.54, 1.807) is 6.20 Å². The van der Waals surface area contributed by atoms with Crippen molar-refractivity contribution in [3.05, 3.63) is 24.0 Å². The van der Waals surface area contributed by atoms with E-state index in [4.69, 9.17) is 4.74 Å². The number of hydrogen-bond acceptors (Lipinski definition) is 3. The molecule has 2 rings (SSSR count). The summed E-state index contributed by atoms with van der Waals surface area (Å²) in [6.45, 7) is 5.84. The van der Waals surface area contributed by atoms with Gasteiger partial charge in [-0.3, -0.25) is 4.98 Å². The molecule has 1 unspecified atom stereocenters. The lowest BCUT2D eigenvalue weighted by atomic mass is 10.0. The zero-order valence-corrected chi connectivity index (χ0v) is 10.8. The molecule has 0 amide bonds. The second-order valence-corrected chi connectivity index (χ2v) is 4.68. The zero-order valence-electron chi connectivity index (χ0n) is 10.8. The molecule has 0 radical (unpaired) electrons. The summed E-state index contributed by atoms with van der Waals surface area (Å²) in [7, 11) is 0. The molecule has 1 saturated carbocycles. The van der Waals surface area contributed by atoms with Crippen LogP contribution >= 0.6 is 0 Å². The monoisotopic (exact) mass is 234 g/mol. The SMILES string of the molecule is CCNC(CC1CC1)c1cncc(OCC)c1. The fraction of sp³-hybridized carbons (Fsp3) is 0.643. The summed E-state index contributed by atoms with van der Waals surface area (Å²) >= 11 is 0. The van der Waals surface area contributed by atoms with Crippen molar-refractivity contribution in [1.29, 1.82) is 0 Å². The molecule has 0 aromatic carbocycles. The summed E-state index contributed by atoms with van der Waals surface area (Å²) in [6.07, 6.45) is 7.75. The lowest BCUT2D eigenvalue weighted by Crippen LogP contribution is -2.21. The van der Waals surface area contributed by atoms with Crippen LogP contribution in [0.25, 0.3) is 0 Å². The Morgan fingerprint density at radius 2 is 2.24 bits per heavy atom. The molecular weight excluding hydrogens is 212 g/mol. The van der Waals surface area contributed by atoms with E-state index in [2.05, 4.69) is 23.3 Å². The van der Waals surface area contributed by atoms with Crippen LogP contribution in [0.2, 0.25) is 0 Å². The largest absolute Gasteiger partial charge is 0.492 e. The third kappa shape index (κ3) is 3.70. The topological polar surface area (TPSA) is 34.2 Å². The van der Waals surface area contributed by atoms with Crippen LogP contribution in [-0.2, 0) is 0 Å². The van der Waals surface area contributed by atoms with Crippen LogP contribution in [0.1, 0.15) is 44.7 Å². The number of nitrogens with one attached hydrogen (secondary N) is 1. The van der Waals surface area contributed by atoms with Gasteiger partial charge in [-0.2, -0.15) is 0 Å². The molecule has 0 bridgehead atoms. The number of pyridine rings is 1. The van der Waals surface area contributed by atoms with Crippen molar-refractivity contribution in [1.82, 2.24) is 10.3 Å². The molecule has 3 nitrogen and oxygen atoms in total. The van der Waals surface area contributed by atoms with Gasteiger partial charge in [0.05, 0.1) is 12.8 Å². The summed E-state index contributed by atoms with van der Waals surface area (Å²) in [5, 5.41) is 3.54. The van der Waals surface area contributed by atoms with E-state index in [-0.39, 0.29) is 0 Å². The van der Waals surface area contributed by atoms with Crippen molar-refractivity contribution < 1.29 is 4.74 Å². The average Bonchev–Trinajstić information content (AvgIpc) is 3.13. The minimum atomic E-state index is 0.431. The summed E-state index contributed by atoms with van der Waals surface area (Å²) in [6, 6.07) is 2.55. The van der Waals surface area contributed by atoms with Gasteiger partial charge in [0.15, 0.2) is 0 Å². The molecule has 94 valence electrons. The quantitative estimate of drug-likeness (QED) is 0.787. The second kappa shape index (κ2) is 6.01. The van der Waals surface area contributed by atoms with Crippen LogP contribution in [-0.4, -0.2) is 18.1 Å². The van der Waals surface area contributed by atoms with Crippen LogP contribution in [0.3, 0.4) is 0 Å². The van der Waals surface area contributed by atoms with E-state index in [9.17, 15) is 0 Å². The van der Waals surface area contributed by atoms with Crippen LogP contribution < -0.4 is 10.1 Å². The Kier molecular flexibility index (Phi) is 4.37. The van der Waals surface area contributed by atoms with Crippen LogP contribution in [0, 0.1) is 5.92 Å². The van der Waals surface area contributed by atoms with Crippen molar-refractivity contribution in [3.8, 4) is 5.75 Å². The molecule has 1 heterocycles. The maximum Gasteiger partial charge on any atom is 0.137 e. The number of ether oxygens (including phenoxy) is 1. The highest BCUT2D eigenvalue weighted by molar-refractivity contribution is 5.26. The fourth-order valence-electron chi connectivity index (χ4n) is 2.14. The first kappa shape index (κ1) is 12.4. The Balaban J connectivity index is 2.06. The highest BCUT2D eigenvalue weighted by Crippen LogP contribution is 2.37. The van der Waals surface area contributed by atoms with Crippen LogP contribution in [0.15, 0.2) is 18.5 Å². The molecule has 0 saturated heterocycles. The van der Waals surface area contributed by atoms with E-state index >= 15 is 0 Å². The van der Waals surface area contributed by atoms with Crippen molar-refractivity contribution in [2.24, 2.45) is 5.92 Å². The zero-order chi connectivity index (χ0) is 12.1. The average molecular weight is 234 g/mol. The van der Waals surface area contributed by atoms with Gasteiger partial charge in [-0.05, 0) is 37.4 Å². The van der Waals surface area contributed by atoms with Gasteiger partial charge in [-0.1, -0.05) is 19.8 Å². The van der Waals surface area contributed by atoms with Crippen molar-refractivity contribution in [3.63, 3.8) is 0 Å². The molecule has 1 aliphatic carbocycles. The van der Waals surface area contributed by atoms with E-state index in [0.29, 0.717) is 12.6 Å². The third-order valence-corrected chi connectivity index (χ3v) is 3.16. The van der Waals surface area contributed by atoms with Gasteiger partial charge in [0.25, 0.3) is 0 Å². The molecule has 1 aliphatic rings. The molecule has 3 heteroatoms. The van der Waals surface area contributed by atoms with Gasteiger partial charge in [-0.25, -0.2) is 0 Å². The fourth-order valence-corrected chi connectivity index (χ4v) is 2.14. The Bertz CT molecular complexity index is 350. The van der Waals surface area contributed by atoms with Crippen LogP contribution in [0.5, 0.6) is 5.75 Å². The maximum atomic E-state index is 5.51. The Morgan fingerprint density at radius 3 is 2.88 bits per heavy atom. The van der Waals surface area contributed by atoms with Gasteiger partial charge in [0, 0.05) is 12.2 Å². The summed E-state index contributed by atoms with van der Waals surface area (Å²) < 4.78 is 5.51. The van der Waals surface area contributed by atoms with E-state index in [1.807, 2.05) is 13.1 Å². The van der Waals surface area contributed by atoms with Gasteiger partial charge in [-0.15, -0.1) is 0 Å². The first-order valence-corrected chi connectivity index (χ1v) is 6.64. The van der Waals surface area contributed by atoms with Gasteiger partial charge in [0.1, 0.15) is 5.75 Å². The first-order chi connectivity index (χ1) is 8.33. The second-order valence-electron chi connectivity index (χ2n) is 4.68. The predicted molar refractivity (Wildman–Crippen MR) is 69.2 cm³/mol.